The van der Waals surface area contributed by atoms with Crippen LogP contribution in [-0.4, -0.2) is 96.9 Å². The third kappa shape index (κ3) is 17.2. The number of aryl methyl sites for hydroxylation is 2. The van der Waals surface area contributed by atoms with E-state index in [1.165, 1.54) is 33.2 Å². The molecular formula is C48H52N2O15. The van der Waals surface area contributed by atoms with E-state index in [9.17, 15) is 24.3 Å². The van der Waals surface area contributed by atoms with Crippen LogP contribution in [0.5, 0.6) is 17.2 Å². The van der Waals surface area contributed by atoms with E-state index in [4.69, 9.17) is 66.6 Å². The van der Waals surface area contributed by atoms with Crippen molar-refractivity contribution >= 4 is 23.9 Å². The van der Waals surface area contributed by atoms with Gasteiger partial charge in [0.15, 0.2) is 24.4 Å². The normalized spacial score (nSPS) is 12.3. The molecule has 2 aromatic heterocycles. The van der Waals surface area contributed by atoms with Gasteiger partial charge in [-0.1, -0.05) is 41.7 Å². The molecule has 3 aromatic rings. The Kier molecular flexibility index (Phi) is 22.4. The van der Waals surface area contributed by atoms with Crippen molar-refractivity contribution in [3.63, 3.8) is 0 Å². The van der Waals surface area contributed by atoms with Crippen molar-refractivity contribution < 1.29 is 71.7 Å². The first-order valence-electron chi connectivity index (χ1n) is 20.0. The number of aromatic hydroxyl groups is 1. The van der Waals surface area contributed by atoms with Crippen LogP contribution in [-0.2, 0) is 90.1 Å². The molecule has 1 N–H and O–H groups in total. The van der Waals surface area contributed by atoms with Gasteiger partial charge in [-0.2, -0.15) is 0 Å². The highest BCUT2D eigenvalue weighted by Crippen LogP contribution is 2.29. The van der Waals surface area contributed by atoms with E-state index in [0.29, 0.717) is 28.3 Å². The predicted molar refractivity (Wildman–Crippen MR) is 231 cm³/mol. The van der Waals surface area contributed by atoms with Crippen molar-refractivity contribution in [2.75, 3.05) is 33.5 Å². The van der Waals surface area contributed by atoms with Crippen LogP contribution in [0, 0.1) is 62.7 Å². The molecule has 0 bridgehead atoms. The predicted octanol–water partition coefficient (Wildman–Crippen LogP) is 4.15. The lowest BCUT2D eigenvalue weighted by Crippen LogP contribution is -2.27. The van der Waals surface area contributed by atoms with E-state index in [0.717, 1.165) is 5.56 Å². The Hall–Kier alpha value is -7.12. The minimum absolute atomic E-state index is 0.0824. The lowest BCUT2D eigenvalue weighted by molar-refractivity contribution is -0.158. The monoisotopic (exact) mass is 896 g/mol. The maximum absolute atomic E-state index is 13.1. The van der Waals surface area contributed by atoms with Gasteiger partial charge in [-0.05, 0) is 52.3 Å². The first kappa shape index (κ1) is 52.2. The van der Waals surface area contributed by atoms with Crippen LogP contribution < -0.4 is 9.47 Å². The Morgan fingerprint density at radius 1 is 0.615 bits per heavy atom. The molecule has 3 rings (SSSR count). The smallest absolute Gasteiger partial charge is 0.336 e. The first-order chi connectivity index (χ1) is 31.2. The molecule has 0 aliphatic rings. The van der Waals surface area contributed by atoms with Gasteiger partial charge >= 0.3 is 23.9 Å². The number of carbonyl (C=O) groups excluding carboxylic acids is 4. The van der Waals surface area contributed by atoms with E-state index >= 15 is 0 Å². The standard InChI is InChI=1S/C48H52N2O15/c1-10-20-57-33(6)45(52)62-27-37-24-49-31(4)43(51)40(37)29-65-48(55)42(60-22-12-3)15-13-14-23-59-35(8)46(53)63-28-38-25-50-32(5)44(61-26-36-16-18-39(56-9)19-17-36)41(38)30-64-47(54)34(7)58-21-11-2/h1-3,16-19,24-25,33-35,42,51H,15,20-23,26-30H2,4-9H3. The molecule has 4 atom stereocenters. The minimum atomic E-state index is -1.23. The van der Waals surface area contributed by atoms with Crippen LogP contribution in [0.2, 0.25) is 0 Å². The third-order valence-electron chi connectivity index (χ3n) is 9.11. The van der Waals surface area contributed by atoms with E-state index < -0.39 is 54.9 Å². The fraction of sp³-hybridized carbons (Fsp3) is 0.417. The summed E-state index contributed by atoms with van der Waals surface area (Å²) in [6.07, 6.45) is 14.3. The highest BCUT2D eigenvalue weighted by atomic mass is 16.6. The highest BCUT2D eigenvalue weighted by Gasteiger charge is 2.25. The average Bonchev–Trinajstić information content (AvgIpc) is 3.31. The number of nitrogens with zero attached hydrogens (tertiary/aromatic N) is 2. The molecule has 344 valence electrons. The quantitative estimate of drug-likeness (QED) is 0.0720. The number of ether oxygens (including phenoxy) is 10. The van der Waals surface area contributed by atoms with E-state index in [1.807, 2.05) is 12.1 Å². The minimum Gasteiger partial charge on any atom is -0.506 e. The summed E-state index contributed by atoms with van der Waals surface area (Å²) in [7, 11) is 1.57. The summed E-state index contributed by atoms with van der Waals surface area (Å²) in [6, 6.07) is 7.26. The molecule has 0 saturated carbocycles. The van der Waals surface area contributed by atoms with Crippen molar-refractivity contribution in [2.24, 2.45) is 0 Å². The Morgan fingerprint density at radius 3 is 1.65 bits per heavy atom. The van der Waals surface area contributed by atoms with Gasteiger partial charge < -0.3 is 52.5 Å². The van der Waals surface area contributed by atoms with Crippen molar-refractivity contribution in [1.82, 2.24) is 9.97 Å². The Labute approximate surface area is 378 Å². The average molecular weight is 897 g/mol. The van der Waals surface area contributed by atoms with Crippen LogP contribution in [0.1, 0.15) is 66.4 Å². The molecule has 0 aliphatic heterocycles. The van der Waals surface area contributed by atoms with Gasteiger partial charge in [0.1, 0.15) is 76.7 Å². The number of hydrogen-bond donors (Lipinski definition) is 1. The van der Waals surface area contributed by atoms with Gasteiger partial charge in [-0.15, -0.1) is 19.3 Å². The van der Waals surface area contributed by atoms with Crippen molar-refractivity contribution in [3.8, 4) is 66.1 Å². The SMILES string of the molecule is C#CCOC(C)C(=O)OCc1cnc(C)c(O)c1COC(=O)C(CC#CCOC(C)C(=O)OCc1cnc(C)c(OCc2ccc(OC)cc2)c1COC(=O)C(C)OCC#C)OCC#C. The van der Waals surface area contributed by atoms with Crippen LogP contribution in [0.3, 0.4) is 0 Å². The molecule has 0 fully saturated rings. The zero-order valence-electron chi connectivity index (χ0n) is 37.1. The second kappa shape index (κ2) is 27.8. The number of pyridine rings is 2. The molecule has 65 heavy (non-hydrogen) atoms. The molecule has 0 spiro atoms. The topological polar surface area (TPSA) is 207 Å². The number of esters is 4. The van der Waals surface area contributed by atoms with Gasteiger partial charge in [0.25, 0.3) is 0 Å². The number of aromatic nitrogens is 2. The number of hydrogen-bond acceptors (Lipinski definition) is 17. The van der Waals surface area contributed by atoms with Crippen molar-refractivity contribution in [1.29, 1.82) is 0 Å². The van der Waals surface area contributed by atoms with E-state index in [2.05, 4.69) is 39.6 Å². The lowest BCUT2D eigenvalue weighted by Gasteiger charge is -2.19. The van der Waals surface area contributed by atoms with Crippen LogP contribution >= 0.6 is 0 Å². The fourth-order valence-corrected chi connectivity index (χ4v) is 5.32. The largest absolute Gasteiger partial charge is 0.506 e. The molecule has 0 aliphatic carbocycles. The number of benzene rings is 1. The molecule has 0 radical (unpaired) electrons. The Bertz CT molecular complexity index is 2280. The summed E-state index contributed by atoms with van der Waals surface area (Å²) >= 11 is 0. The van der Waals surface area contributed by atoms with Crippen LogP contribution in [0.15, 0.2) is 36.7 Å². The molecule has 2 heterocycles. The molecular weight excluding hydrogens is 845 g/mol. The van der Waals surface area contributed by atoms with Gasteiger partial charge in [-0.25, -0.2) is 19.2 Å². The summed E-state index contributed by atoms with van der Waals surface area (Å²) in [5.41, 5.74) is 2.82. The summed E-state index contributed by atoms with van der Waals surface area (Å²) in [5, 5.41) is 10.7. The zero-order valence-corrected chi connectivity index (χ0v) is 37.1. The van der Waals surface area contributed by atoms with E-state index in [-0.39, 0.29) is 81.8 Å². The second-order valence-electron chi connectivity index (χ2n) is 13.8. The number of carbonyl (C=O) groups is 4. The number of methoxy groups -OCH3 is 1. The first-order valence-corrected chi connectivity index (χ1v) is 20.0. The van der Waals surface area contributed by atoms with Crippen LogP contribution in [0.25, 0.3) is 0 Å². The maximum Gasteiger partial charge on any atom is 0.336 e. The van der Waals surface area contributed by atoms with Gasteiger partial charge in [0, 0.05) is 41.1 Å². The van der Waals surface area contributed by atoms with Crippen LogP contribution in [0.4, 0.5) is 0 Å². The molecule has 1 aromatic carbocycles. The molecule has 0 amide bonds. The molecule has 4 unspecified atom stereocenters. The van der Waals surface area contributed by atoms with Gasteiger partial charge in [0.2, 0.25) is 0 Å². The number of terminal acetylenes is 3. The summed E-state index contributed by atoms with van der Waals surface area (Å²) < 4.78 is 54.7. The molecule has 17 heteroatoms. The summed E-state index contributed by atoms with van der Waals surface area (Å²) in [5.74, 6) is 10.1. The van der Waals surface area contributed by atoms with E-state index in [1.54, 1.807) is 33.1 Å². The summed E-state index contributed by atoms with van der Waals surface area (Å²) in [6.45, 7) is 5.95. The Morgan fingerprint density at radius 2 is 1.09 bits per heavy atom. The number of rotatable bonds is 25. The van der Waals surface area contributed by atoms with Gasteiger partial charge in [-0.3, -0.25) is 9.97 Å². The summed E-state index contributed by atoms with van der Waals surface area (Å²) in [4.78, 5) is 59.7. The fourth-order valence-electron chi connectivity index (χ4n) is 5.32. The van der Waals surface area contributed by atoms with Gasteiger partial charge in [0.05, 0.1) is 18.5 Å². The maximum atomic E-state index is 13.1. The highest BCUT2D eigenvalue weighted by molar-refractivity contribution is 5.76. The zero-order chi connectivity index (χ0) is 47.7. The second-order valence-corrected chi connectivity index (χ2v) is 13.8. The Balaban J connectivity index is 1.63. The van der Waals surface area contributed by atoms with Crippen molar-refractivity contribution in [2.45, 2.75) is 98.5 Å². The molecule has 17 nitrogen and oxygen atoms in total. The van der Waals surface area contributed by atoms with Crippen molar-refractivity contribution in [3.05, 3.63) is 75.9 Å². The lowest BCUT2D eigenvalue weighted by atomic mass is 10.1. The third-order valence-corrected chi connectivity index (χ3v) is 9.11. The molecule has 0 saturated heterocycles.